The molecule has 0 aliphatic rings. The molecule has 7 nitrogen and oxygen atoms in total. The first-order chi connectivity index (χ1) is 11.6. The summed E-state index contributed by atoms with van der Waals surface area (Å²) in [5.74, 6) is -0.782. The predicted molar refractivity (Wildman–Crippen MR) is 87.0 cm³/mol. The van der Waals surface area contributed by atoms with E-state index >= 15 is 0 Å². The molecule has 24 heavy (non-hydrogen) atoms. The average molecular weight is 324 g/mol. The maximum atomic E-state index is 12.3. The van der Waals surface area contributed by atoms with Crippen molar-refractivity contribution in [3.63, 3.8) is 0 Å². The summed E-state index contributed by atoms with van der Waals surface area (Å²) in [5, 5.41) is 6.56. The summed E-state index contributed by atoms with van der Waals surface area (Å²) in [6, 6.07) is 14.6. The van der Waals surface area contributed by atoms with Crippen LogP contribution in [0.3, 0.4) is 0 Å². The van der Waals surface area contributed by atoms with E-state index in [1.807, 2.05) is 37.3 Å². The number of pyridine rings is 1. The minimum atomic E-state index is -0.696. The van der Waals surface area contributed by atoms with Crippen molar-refractivity contribution >= 4 is 5.91 Å². The molecule has 0 aliphatic carbocycles. The quantitative estimate of drug-likeness (QED) is 0.772. The van der Waals surface area contributed by atoms with Crippen molar-refractivity contribution < 1.29 is 9.32 Å². The van der Waals surface area contributed by atoms with Crippen LogP contribution in [-0.2, 0) is 11.3 Å². The molecule has 0 saturated carbocycles. The second-order valence-electron chi connectivity index (χ2n) is 5.27. The smallest absolute Gasteiger partial charge is 0.348 e. The number of hydrogen-bond donors (Lipinski definition) is 1. The van der Waals surface area contributed by atoms with Crippen LogP contribution in [0.1, 0.15) is 18.5 Å². The lowest BCUT2D eigenvalue weighted by molar-refractivity contribution is -0.122. The van der Waals surface area contributed by atoms with Crippen molar-refractivity contribution in [1.29, 1.82) is 0 Å². The topological polar surface area (TPSA) is 90.0 Å². The highest BCUT2D eigenvalue weighted by Gasteiger charge is 2.17. The molecule has 0 fully saturated rings. The molecule has 0 radical (unpaired) electrons. The molecule has 1 N–H and O–H groups in total. The Balaban J connectivity index is 1.76. The van der Waals surface area contributed by atoms with Crippen LogP contribution in [0.2, 0.25) is 0 Å². The maximum absolute atomic E-state index is 12.3. The summed E-state index contributed by atoms with van der Waals surface area (Å²) < 4.78 is 5.84. The predicted octanol–water partition coefficient (Wildman–Crippen LogP) is 1.78. The van der Waals surface area contributed by atoms with Gasteiger partial charge in [-0.3, -0.25) is 14.3 Å². The van der Waals surface area contributed by atoms with Gasteiger partial charge in [0, 0.05) is 6.20 Å². The highest BCUT2D eigenvalue weighted by molar-refractivity contribution is 5.76. The Labute approximate surface area is 137 Å². The Morgan fingerprint density at radius 1 is 1.21 bits per heavy atom. The van der Waals surface area contributed by atoms with E-state index < -0.39 is 5.76 Å². The fourth-order valence-corrected chi connectivity index (χ4v) is 2.34. The normalized spacial score (nSPS) is 11.9. The summed E-state index contributed by atoms with van der Waals surface area (Å²) in [6.07, 6.45) is 1.58. The van der Waals surface area contributed by atoms with Gasteiger partial charge in [0.2, 0.25) is 11.7 Å². The molecule has 2 aromatic heterocycles. The highest BCUT2D eigenvalue weighted by atomic mass is 16.5. The Morgan fingerprint density at radius 3 is 2.67 bits per heavy atom. The number of benzene rings is 1. The van der Waals surface area contributed by atoms with Crippen molar-refractivity contribution in [3.05, 3.63) is 70.8 Å². The molecular weight excluding hydrogens is 308 g/mol. The van der Waals surface area contributed by atoms with Gasteiger partial charge in [0.05, 0.1) is 6.04 Å². The van der Waals surface area contributed by atoms with E-state index in [0.29, 0.717) is 5.69 Å². The van der Waals surface area contributed by atoms with Crippen LogP contribution in [0.15, 0.2) is 64.0 Å². The fraction of sp³-hybridized carbons (Fsp3) is 0.176. The molecule has 0 spiro atoms. The number of nitrogens with zero attached hydrogens (tertiary/aromatic N) is 3. The lowest BCUT2D eigenvalue weighted by Crippen LogP contribution is -2.33. The molecule has 1 amide bonds. The van der Waals surface area contributed by atoms with Crippen LogP contribution >= 0.6 is 0 Å². The molecule has 2 heterocycles. The number of rotatable bonds is 5. The minimum Gasteiger partial charge on any atom is -0.348 e. The van der Waals surface area contributed by atoms with E-state index in [9.17, 15) is 9.59 Å². The zero-order valence-corrected chi connectivity index (χ0v) is 13.0. The third-order valence-electron chi connectivity index (χ3n) is 3.56. The largest absolute Gasteiger partial charge is 0.442 e. The van der Waals surface area contributed by atoms with Crippen LogP contribution in [0.25, 0.3) is 11.5 Å². The highest BCUT2D eigenvalue weighted by Crippen LogP contribution is 2.13. The first-order valence-electron chi connectivity index (χ1n) is 7.47. The second-order valence-corrected chi connectivity index (χ2v) is 5.27. The van der Waals surface area contributed by atoms with E-state index in [1.165, 1.54) is 0 Å². The first kappa shape index (κ1) is 15.7. The van der Waals surface area contributed by atoms with Crippen LogP contribution in [-0.4, -0.2) is 20.6 Å². The lowest BCUT2D eigenvalue weighted by atomic mass is 10.1. The van der Waals surface area contributed by atoms with Gasteiger partial charge in [-0.1, -0.05) is 41.6 Å². The van der Waals surface area contributed by atoms with Crippen molar-refractivity contribution in [2.75, 3.05) is 0 Å². The molecule has 0 unspecified atom stereocenters. The van der Waals surface area contributed by atoms with Crippen molar-refractivity contribution in [2.24, 2.45) is 0 Å². The fourth-order valence-electron chi connectivity index (χ4n) is 2.34. The summed E-state index contributed by atoms with van der Waals surface area (Å²) in [4.78, 5) is 28.2. The Kier molecular flexibility index (Phi) is 4.51. The van der Waals surface area contributed by atoms with Gasteiger partial charge >= 0.3 is 5.76 Å². The SMILES string of the molecule is C[C@@H](NC(=O)Cn1c(-c2ccccn2)noc1=O)c1ccccc1. The van der Waals surface area contributed by atoms with Crippen molar-refractivity contribution in [3.8, 4) is 11.5 Å². The standard InChI is InChI=1S/C17H16N4O3/c1-12(13-7-3-2-4-8-13)19-15(22)11-21-16(20-24-17(21)23)14-9-5-6-10-18-14/h2-10,12H,11H2,1H3,(H,19,22)/t12-/m1/s1. The Bertz CT molecular complexity index is 872. The number of amides is 1. The molecule has 0 bridgehead atoms. The minimum absolute atomic E-state index is 0.174. The molecule has 1 atom stereocenters. The van der Waals surface area contributed by atoms with E-state index in [-0.39, 0.29) is 24.3 Å². The van der Waals surface area contributed by atoms with Gasteiger partial charge in [-0.25, -0.2) is 9.36 Å². The van der Waals surface area contributed by atoms with E-state index in [4.69, 9.17) is 0 Å². The Morgan fingerprint density at radius 2 is 1.96 bits per heavy atom. The second kappa shape index (κ2) is 6.91. The lowest BCUT2D eigenvalue weighted by Gasteiger charge is -2.14. The zero-order chi connectivity index (χ0) is 16.9. The number of carbonyl (C=O) groups excluding carboxylic acids is 1. The van der Waals surface area contributed by atoms with Gasteiger partial charge < -0.3 is 5.32 Å². The molecule has 3 rings (SSSR count). The third-order valence-corrected chi connectivity index (χ3v) is 3.56. The van der Waals surface area contributed by atoms with Crippen molar-refractivity contribution in [1.82, 2.24) is 20.0 Å². The van der Waals surface area contributed by atoms with Crippen molar-refractivity contribution in [2.45, 2.75) is 19.5 Å². The van der Waals surface area contributed by atoms with Gasteiger partial charge in [0.15, 0.2) is 0 Å². The first-order valence-corrected chi connectivity index (χ1v) is 7.47. The van der Waals surface area contributed by atoms with Gasteiger partial charge in [0.1, 0.15) is 12.2 Å². The zero-order valence-electron chi connectivity index (χ0n) is 13.0. The van der Waals surface area contributed by atoms with Crippen LogP contribution in [0, 0.1) is 0 Å². The van der Waals surface area contributed by atoms with Gasteiger partial charge in [0.25, 0.3) is 0 Å². The van der Waals surface area contributed by atoms with E-state index in [2.05, 4.69) is 20.0 Å². The third kappa shape index (κ3) is 3.40. The summed E-state index contributed by atoms with van der Waals surface area (Å²) in [6.45, 7) is 1.69. The van der Waals surface area contributed by atoms with Gasteiger partial charge in [-0.05, 0) is 24.6 Å². The summed E-state index contributed by atoms with van der Waals surface area (Å²) >= 11 is 0. The van der Waals surface area contributed by atoms with Crippen LogP contribution in [0.5, 0.6) is 0 Å². The monoisotopic (exact) mass is 324 g/mol. The molecule has 7 heteroatoms. The molecule has 3 aromatic rings. The number of nitrogens with one attached hydrogen (secondary N) is 1. The molecule has 122 valence electrons. The molecular formula is C17H16N4O3. The number of hydrogen-bond acceptors (Lipinski definition) is 5. The van der Waals surface area contributed by atoms with Gasteiger partial charge in [-0.15, -0.1) is 0 Å². The van der Waals surface area contributed by atoms with Crippen LogP contribution < -0.4 is 11.1 Å². The Hall–Kier alpha value is -3.22. The number of carbonyl (C=O) groups is 1. The average Bonchev–Trinajstić information content (AvgIpc) is 2.97. The molecule has 0 aliphatic heterocycles. The van der Waals surface area contributed by atoms with Crippen LogP contribution in [0.4, 0.5) is 0 Å². The summed E-state index contributed by atoms with van der Waals surface area (Å²) in [5.41, 5.74) is 1.45. The molecule has 1 aromatic carbocycles. The molecule has 0 saturated heterocycles. The van der Waals surface area contributed by atoms with Gasteiger partial charge in [-0.2, -0.15) is 0 Å². The maximum Gasteiger partial charge on any atom is 0.442 e. The van der Waals surface area contributed by atoms with E-state index in [0.717, 1.165) is 10.1 Å². The number of aromatic nitrogens is 3. The summed E-state index contributed by atoms with van der Waals surface area (Å²) in [7, 11) is 0. The van der Waals surface area contributed by atoms with E-state index in [1.54, 1.807) is 24.4 Å².